The van der Waals surface area contributed by atoms with Crippen molar-refractivity contribution in [2.24, 2.45) is 0 Å². The number of nitro groups is 1. The summed E-state index contributed by atoms with van der Waals surface area (Å²) in [7, 11) is 0. The Balaban J connectivity index is 2.01. The van der Waals surface area contributed by atoms with E-state index in [0.29, 0.717) is 5.56 Å². The summed E-state index contributed by atoms with van der Waals surface area (Å²) in [4.78, 5) is 34.5. The average Bonchev–Trinajstić information content (AvgIpc) is 2.91. The van der Waals surface area contributed by atoms with Crippen LogP contribution >= 0.6 is 0 Å². The first kappa shape index (κ1) is 19.1. The summed E-state index contributed by atoms with van der Waals surface area (Å²) in [6, 6.07) is 7.81. The summed E-state index contributed by atoms with van der Waals surface area (Å²) < 4.78 is 6.97. The highest BCUT2D eigenvalue weighted by molar-refractivity contribution is 6.00. The number of para-hydroxylation sites is 1. The minimum atomic E-state index is -0.735. The van der Waals surface area contributed by atoms with Crippen molar-refractivity contribution in [1.82, 2.24) is 4.57 Å². The lowest BCUT2D eigenvalue weighted by Gasteiger charge is -2.05. The van der Waals surface area contributed by atoms with Gasteiger partial charge in [0.15, 0.2) is 6.61 Å². The van der Waals surface area contributed by atoms with Crippen LogP contribution in [0.25, 0.3) is 6.08 Å². The minimum absolute atomic E-state index is 0.111. The number of aromatic nitrogens is 1. The van der Waals surface area contributed by atoms with Crippen molar-refractivity contribution in [3.63, 3.8) is 0 Å². The maximum absolute atomic E-state index is 12.3. The van der Waals surface area contributed by atoms with Gasteiger partial charge in [0.05, 0.1) is 10.5 Å². The highest BCUT2D eigenvalue weighted by Gasteiger charge is 2.16. The number of Topliss-reactive ketones (excluding diaryl/α,β-unsaturated/α-hetero) is 1. The van der Waals surface area contributed by atoms with Crippen LogP contribution in [0.1, 0.15) is 34.2 Å². The molecule has 1 aromatic heterocycles. The van der Waals surface area contributed by atoms with E-state index in [4.69, 9.17) is 4.74 Å². The molecule has 0 saturated carbocycles. The predicted molar refractivity (Wildman–Crippen MR) is 97.0 cm³/mol. The molecule has 0 aliphatic rings. The van der Waals surface area contributed by atoms with Crippen LogP contribution in [0.2, 0.25) is 0 Å². The number of carbonyl (C=O) groups is 2. The fourth-order valence-electron chi connectivity index (χ4n) is 2.79. The second-order valence-corrected chi connectivity index (χ2v) is 5.71. The average molecular weight is 356 g/mol. The van der Waals surface area contributed by atoms with Gasteiger partial charge in [-0.2, -0.15) is 0 Å². The number of nitrogens with zero attached hydrogens (tertiary/aromatic N) is 2. The van der Waals surface area contributed by atoms with Crippen LogP contribution in [-0.2, 0) is 16.1 Å². The van der Waals surface area contributed by atoms with Crippen LogP contribution in [0.5, 0.6) is 0 Å². The number of carbonyl (C=O) groups excluding carboxylic acids is 2. The molecule has 0 saturated heterocycles. The molecule has 0 aliphatic heterocycles. The molecule has 0 radical (unpaired) electrons. The molecule has 7 heteroatoms. The first-order valence-corrected chi connectivity index (χ1v) is 8.13. The Labute approximate surface area is 151 Å². The lowest BCUT2D eigenvalue weighted by molar-refractivity contribution is -0.385. The molecule has 2 aromatic rings. The molecule has 0 amide bonds. The van der Waals surface area contributed by atoms with Crippen LogP contribution in [0.3, 0.4) is 0 Å². The molecule has 26 heavy (non-hydrogen) atoms. The van der Waals surface area contributed by atoms with E-state index in [2.05, 4.69) is 0 Å². The van der Waals surface area contributed by atoms with Gasteiger partial charge >= 0.3 is 5.97 Å². The van der Waals surface area contributed by atoms with Gasteiger partial charge in [-0.15, -0.1) is 0 Å². The van der Waals surface area contributed by atoms with E-state index < -0.39 is 10.9 Å². The van der Waals surface area contributed by atoms with Crippen molar-refractivity contribution in [1.29, 1.82) is 0 Å². The first-order valence-electron chi connectivity index (χ1n) is 8.13. The molecule has 0 fully saturated rings. The number of hydrogen-bond acceptors (Lipinski definition) is 5. The Hall–Kier alpha value is -3.22. The van der Waals surface area contributed by atoms with Gasteiger partial charge in [-0.05, 0) is 39.0 Å². The molecule has 0 unspecified atom stereocenters. The van der Waals surface area contributed by atoms with Crippen molar-refractivity contribution in [3.05, 3.63) is 69.0 Å². The molecule has 1 aromatic carbocycles. The standard InChI is InChI=1S/C19H20N2O5/c1-4-20-13(2)11-16(14(20)3)18(22)12-26-19(23)10-9-15-7-5-6-8-17(15)21(24)25/h5-11H,4,12H2,1-3H3/b10-9+. The highest BCUT2D eigenvalue weighted by atomic mass is 16.6. The third kappa shape index (κ3) is 4.24. The van der Waals surface area contributed by atoms with E-state index in [-0.39, 0.29) is 23.6 Å². The first-order chi connectivity index (χ1) is 12.3. The van der Waals surface area contributed by atoms with Crippen LogP contribution in [0, 0.1) is 24.0 Å². The predicted octanol–water partition coefficient (Wildman–Crippen LogP) is 3.47. The topological polar surface area (TPSA) is 91.4 Å². The Morgan fingerprint density at radius 1 is 1.27 bits per heavy atom. The molecule has 1 heterocycles. The van der Waals surface area contributed by atoms with E-state index in [0.717, 1.165) is 24.0 Å². The molecule has 0 aliphatic carbocycles. The largest absolute Gasteiger partial charge is 0.454 e. The zero-order valence-electron chi connectivity index (χ0n) is 14.9. The maximum Gasteiger partial charge on any atom is 0.331 e. The van der Waals surface area contributed by atoms with Crippen molar-refractivity contribution >= 4 is 23.5 Å². The van der Waals surface area contributed by atoms with Gasteiger partial charge in [0.2, 0.25) is 5.78 Å². The maximum atomic E-state index is 12.3. The summed E-state index contributed by atoms with van der Waals surface area (Å²) in [5.41, 5.74) is 2.50. The van der Waals surface area contributed by atoms with Gasteiger partial charge in [-0.3, -0.25) is 14.9 Å². The Bertz CT molecular complexity index is 880. The number of benzene rings is 1. The summed E-state index contributed by atoms with van der Waals surface area (Å²) in [5.74, 6) is -1.02. The highest BCUT2D eigenvalue weighted by Crippen LogP contribution is 2.19. The lowest BCUT2D eigenvalue weighted by Crippen LogP contribution is -2.13. The number of rotatable bonds is 7. The second kappa shape index (κ2) is 8.24. The quantitative estimate of drug-likeness (QED) is 0.249. The fourth-order valence-corrected chi connectivity index (χ4v) is 2.79. The summed E-state index contributed by atoms with van der Waals surface area (Å²) >= 11 is 0. The third-order valence-corrected chi connectivity index (χ3v) is 4.07. The molecule has 2 rings (SSSR count). The molecular weight excluding hydrogens is 336 g/mol. The Morgan fingerprint density at radius 3 is 2.58 bits per heavy atom. The van der Waals surface area contributed by atoms with Crippen molar-refractivity contribution < 1.29 is 19.2 Å². The smallest absolute Gasteiger partial charge is 0.331 e. The Kier molecular flexibility index (Phi) is 6.06. The number of ketones is 1. The van der Waals surface area contributed by atoms with Crippen molar-refractivity contribution in [3.8, 4) is 0 Å². The molecular formula is C19H20N2O5. The summed E-state index contributed by atoms with van der Waals surface area (Å²) in [6.45, 7) is 6.12. The molecule has 7 nitrogen and oxygen atoms in total. The Morgan fingerprint density at radius 2 is 1.96 bits per heavy atom. The van der Waals surface area contributed by atoms with Crippen LogP contribution in [0.4, 0.5) is 5.69 Å². The number of aryl methyl sites for hydroxylation is 1. The van der Waals surface area contributed by atoms with Gasteiger partial charge in [0.25, 0.3) is 5.69 Å². The van der Waals surface area contributed by atoms with Gasteiger partial charge in [-0.25, -0.2) is 4.79 Å². The van der Waals surface area contributed by atoms with E-state index >= 15 is 0 Å². The summed E-state index contributed by atoms with van der Waals surface area (Å²) in [6.07, 6.45) is 2.37. The van der Waals surface area contributed by atoms with E-state index in [9.17, 15) is 19.7 Å². The zero-order valence-corrected chi connectivity index (χ0v) is 14.9. The normalized spacial score (nSPS) is 10.9. The van der Waals surface area contributed by atoms with Gasteiger partial charge in [-0.1, -0.05) is 12.1 Å². The molecule has 0 bridgehead atoms. The second-order valence-electron chi connectivity index (χ2n) is 5.71. The van der Waals surface area contributed by atoms with Gasteiger partial charge < -0.3 is 9.30 Å². The molecule has 0 spiro atoms. The monoisotopic (exact) mass is 356 g/mol. The van der Waals surface area contributed by atoms with Crippen molar-refractivity contribution in [2.75, 3.05) is 6.61 Å². The van der Waals surface area contributed by atoms with E-state index in [1.165, 1.54) is 18.2 Å². The molecule has 0 N–H and O–H groups in total. The van der Waals surface area contributed by atoms with Crippen LogP contribution < -0.4 is 0 Å². The number of nitro benzene ring substituents is 1. The minimum Gasteiger partial charge on any atom is -0.454 e. The molecule has 136 valence electrons. The summed E-state index contributed by atoms with van der Waals surface area (Å²) in [5, 5.41) is 10.9. The third-order valence-electron chi connectivity index (χ3n) is 4.07. The number of ether oxygens (including phenoxy) is 1. The molecule has 0 atom stereocenters. The lowest BCUT2D eigenvalue weighted by atomic mass is 10.1. The van der Waals surface area contributed by atoms with E-state index in [1.54, 1.807) is 18.2 Å². The van der Waals surface area contributed by atoms with E-state index in [1.807, 2.05) is 25.3 Å². The van der Waals surface area contributed by atoms with Crippen molar-refractivity contribution in [2.45, 2.75) is 27.3 Å². The van der Waals surface area contributed by atoms with Gasteiger partial charge in [0.1, 0.15) is 0 Å². The SMILES string of the molecule is CCn1c(C)cc(C(=O)COC(=O)/C=C/c2ccccc2[N+](=O)[O-])c1C. The van der Waals surface area contributed by atoms with Gasteiger partial charge in [0, 0.05) is 35.6 Å². The van der Waals surface area contributed by atoms with Crippen LogP contribution in [0.15, 0.2) is 36.4 Å². The van der Waals surface area contributed by atoms with Crippen LogP contribution in [-0.4, -0.2) is 27.8 Å². The fraction of sp³-hybridized carbons (Fsp3) is 0.263. The number of esters is 1. The number of hydrogen-bond donors (Lipinski definition) is 0. The zero-order chi connectivity index (χ0) is 19.3.